The fraction of sp³-hybridized carbons (Fsp3) is 0.424. The minimum Gasteiger partial charge on any atom is -0.481 e. The Morgan fingerprint density at radius 1 is 1.00 bits per heavy atom. The van der Waals surface area contributed by atoms with Gasteiger partial charge in [-0.25, -0.2) is 0 Å². The Morgan fingerprint density at radius 2 is 1.61 bits per heavy atom. The van der Waals surface area contributed by atoms with Gasteiger partial charge in [0.05, 0.1) is 31.4 Å². The molecule has 8 heteroatoms. The zero-order valence-corrected chi connectivity index (χ0v) is 24.0. The molecule has 216 valence electrons. The van der Waals surface area contributed by atoms with E-state index in [4.69, 9.17) is 14.1 Å². The smallest absolute Gasteiger partial charge is 0.315 e. The second-order valence-corrected chi connectivity index (χ2v) is 11.1. The van der Waals surface area contributed by atoms with Crippen LogP contribution in [-0.4, -0.2) is 78.4 Å². The van der Waals surface area contributed by atoms with Crippen molar-refractivity contribution < 1.29 is 23.8 Å². The lowest BCUT2D eigenvalue weighted by molar-refractivity contribution is -0.157. The second-order valence-electron chi connectivity index (χ2n) is 11.1. The standard InChI is InChI=1S/C33H39N3O5/c1-23-28(31(37)40-3)29(27-15-10-22-41-27)33(32(38)39,24(2)34-23)16-17-35-18-20-36(21-19-35)30(25-11-6-4-7-12-25)26-13-8-5-9-14-26/h4-15,22,24,28-30H,16-21H2,1-3H3,(H,38,39). The lowest BCUT2D eigenvalue weighted by Crippen LogP contribution is -2.56. The van der Waals surface area contributed by atoms with Gasteiger partial charge in [-0.2, -0.15) is 0 Å². The van der Waals surface area contributed by atoms with E-state index in [2.05, 4.69) is 58.3 Å². The minimum atomic E-state index is -1.33. The van der Waals surface area contributed by atoms with Crippen molar-refractivity contribution in [2.75, 3.05) is 39.8 Å². The Hall–Kier alpha value is -3.75. The number of piperazine rings is 1. The minimum absolute atomic E-state index is 0.157. The number of carboxylic acids is 1. The molecule has 5 rings (SSSR count). The summed E-state index contributed by atoms with van der Waals surface area (Å²) in [6, 6.07) is 24.2. The van der Waals surface area contributed by atoms with Crippen molar-refractivity contribution in [2.24, 2.45) is 16.3 Å². The fourth-order valence-electron chi connectivity index (χ4n) is 6.88. The number of carbonyl (C=O) groups is 2. The number of esters is 1. The molecule has 0 amide bonds. The highest BCUT2D eigenvalue weighted by molar-refractivity contribution is 6.04. The first-order valence-corrected chi connectivity index (χ1v) is 14.3. The number of hydrogen-bond donors (Lipinski definition) is 1. The third-order valence-electron chi connectivity index (χ3n) is 9.03. The van der Waals surface area contributed by atoms with Crippen LogP contribution in [0.15, 0.2) is 88.5 Å². The zero-order chi connectivity index (χ0) is 29.0. The Kier molecular flexibility index (Phi) is 8.71. The summed E-state index contributed by atoms with van der Waals surface area (Å²) < 4.78 is 10.9. The molecule has 3 heterocycles. The van der Waals surface area contributed by atoms with Crippen LogP contribution in [0.5, 0.6) is 0 Å². The third kappa shape index (κ3) is 5.59. The molecule has 1 N–H and O–H groups in total. The third-order valence-corrected chi connectivity index (χ3v) is 9.03. The molecule has 0 radical (unpaired) electrons. The molecule has 0 spiro atoms. The normalized spacial score (nSPS) is 25.6. The van der Waals surface area contributed by atoms with Gasteiger partial charge in [0.25, 0.3) is 0 Å². The number of aliphatic carboxylic acids is 1. The predicted octanol–water partition coefficient (Wildman–Crippen LogP) is 4.88. The molecule has 0 aliphatic carbocycles. The fourth-order valence-corrected chi connectivity index (χ4v) is 6.88. The summed E-state index contributed by atoms with van der Waals surface area (Å²) in [5.74, 6) is -2.54. The van der Waals surface area contributed by atoms with Crippen LogP contribution in [0.25, 0.3) is 0 Å². The van der Waals surface area contributed by atoms with Gasteiger partial charge in [0.15, 0.2) is 0 Å². The highest BCUT2D eigenvalue weighted by atomic mass is 16.5. The van der Waals surface area contributed by atoms with Crippen LogP contribution in [0.2, 0.25) is 0 Å². The van der Waals surface area contributed by atoms with Gasteiger partial charge in [-0.1, -0.05) is 60.7 Å². The van der Waals surface area contributed by atoms with Gasteiger partial charge in [-0.05, 0) is 50.1 Å². The van der Waals surface area contributed by atoms with Gasteiger partial charge in [-0.15, -0.1) is 0 Å². The maximum atomic E-state index is 13.2. The number of carbonyl (C=O) groups excluding carboxylic acids is 1. The van der Waals surface area contributed by atoms with E-state index in [1.54, 1.807) is 19.1 Å². The average molecular weight is 558 g/mol. The summed E-state index contributed by atoms with van der Waals surface area (Å²) in [6.45, 7) is 7.52. The predicted molar refractivity (Wildman–Crippen MR) is 157 cm³/mol. The van der Waals surface area contributed by atoms with Crippen LogP contribution < -0.4 is 0 Å². The lowest BCUT2D eigenvalue weighted by atomic mass is 9.59. The highest BCUT2D eigenvalue weighted by Gasteiger charge is 2.59. The molecule has 4 atom stereocenters. The van der Waals surface area contributed by atoms with Crippen LogP contribution in [0.4, 0.5) is 0 Å². The van der Waals surface area contributed by atoms with Crippen molar-refractivity contribution in [3.63, 3.8) is 0 Å². The van der Waals surface area contributed by atoms with Gasteiger partial charge in [0, 0.05) is 31.9 Å². The van der Waals surface area contributed by atoms with Crippen molar-refractivity contribution in [2.45, 2.75) is 38.3 Å². The van der Waals surface area contributed by atoms with Crippen molar-refractivity contribution in [1.82, 2.24) is 9.80 Å². The number of ether oxygens (including phenoxy) is 1. The topological polar surface area (TPSA) is 95.6 Å². The van der Waals surface area contributed by atoms with Crippen molar-refractivity contribution in [3.05, 3.63) is 95.9 Å². The van der Waals surface area contributed by atoms with Crippen molar-refractivity contribution >= 4 is 17.7 Å². The Labute approximate surface area is 241 Å². The molecule has 1 saturated heterocycles. The van der Waals surface area contributed by atoms with Crippen LogP contribution in [0, 0.1) is 11.3 Å². The maximum Gasteiger partial charge on any atom is 0.315 e. The number of rotatable bonds is 9. The zero-order valence-electron chi connectivity index (χ0n) is 24.0. The SMILES string of the molecule is COC(=O)C1C(C)=NC(C)C(CCN2CCN(C(c3ccccc3)c3ccccc3)CC2)(C(=O)O)C1c1ccco1. The number of hydrogen-bond acceptors (Lipinski definition) is 7. The summed E-state index contributed by atoms with van der Waals surface area (Å²) in [7, 11) is 1.33. The first kappa shape index (κ1) is 28.8. The Balaban J connectivity index is 1.36. The molecule has 41 heavy (non-hydrogen) atoms. The van der Waals surface area contributed by atoms with Crippen molar-refractivity contribution in [3.8, 4) is 0 Å². The summed E-state index contributed by atoms with van der Waals surface area (Å²) >= 11 is 0. The monoisotopic (exact) mass is 557 g/mol. The van der Waals surface area contributed by atoms with E-state index in [1.807, 2.05) is 19.1 Å². The Bertz CT molecular complexity index is 1300. The number of carboxylic acid groups (broad SMARTS) is 1. The van der Waals surface area contributed by atoms with Gasteiger partial charge < -0.3 is 19.2 Å². The molecule has 0 saturated carbocycles. The number of furan rings is 1. The number of nitrogens with zero attached hydrogens (tertiary/aromatic N) is 3. The molecule has 2 aromatic carbocycles. The van der Waals surface area contributed by atoms with Gasteiger partial charge >= 0.3 is 11.9 Å². The summed E-state index contributed by atoms with van der Waals surface area (Å²) in [5.41, 5.74) is 1.76. The Morgan fingerprint density at radius 3 is 2.12 bits per heavy atom. The van der Waals surface area contributed by atoms with Crippen LogP contribution in [0.3, 0.4) is 0 Å². The van der Waals surface area contributed by atoms with E-state index in [0.29, 0.717) is 24.4 Å². The number of methoxy groups -OCH3 is 1. The maximum absolute atomic E-state index is 13.2. The molecule has 0 bridgehead atoms. The summed E-state index contributed by atoms with van der Waals surface area (Å²) in [5, 5.41) is 10.8. The van der Waals surface area contributed by atoms with E-state index in [0.717, 1.165) is 26.2 Å². The van der Waals surface area contributed by atoms with Gasteiger partial charge in [-0.3, -0.25) is 19.5 Å². The first-order valence-electron chi connectivity index (χ1n) is 14.3. The van der Waals surface area contributed by atoms with E-state index in [1.165, 1.54) is 24.5 Å². The summed E-state index contributed by atoms with van der Waals surface area (Å²) in [6.07, 6.45) is 1.86. The molecule has 4 unspecified atom stereocenters. The van der Waals surface area contributed by atoms with Gasteiger partial charge in [0.1, 0.15) is 17.1 Å². The van der Waals surface area contributed by atoms with E-state index < -0.39 is 35.2 Å². The van der Waals surface area contributed by atoms with E-state index in [-0.39, 0.29) is 6.04 Å². The molecule has 2 aliphatic heterocycles. The highest BCUT2D eigenvalue weighted by Crippen LogP contribution is 2.51. The second kappa shape index (κ2) is 12.4. The molecular weight excluding hydrogens is 518 g/mol. The number of benzene rings is 2. The molecule has 2 aliphatic rings. The molecule has 3 aromatic rings. The van der Waals surface area contributed by atoms with E-state index in [9.17, 15) is 14.7 Å². The number of aliphatic imine (C=N–C) groups is 1. The van der Waals surface area contributed by atoms with Crippen LogP contribution in [0.1, 0.15) is 49.1 Å². The quantitative estimate of drug-likeness (QED) is 0.375. The lowest BCUT2D eigenvalue weighted by Gasteiger charge is -2.47. The van der Waals surface area contributed by atoms with Crippen LogP contribution >= 0.6 is 0 Å². The molecule has 8 nitrogen and oxygen atoms in total. The molecule has 1 fully saturated rings. The van der Waals surface area contributed by atoms with Crippen LogP contribution in [-0.2, 0) is 14.3 Å². The van der Waals surface area contributed by atoms with E-state index >= 15 is 0 Å². The molecule has 1 aromatic heterocycles. The largest absolute Gasteiger partial charge is 0.481 e. The van der Waals surface area contributed by atoms with Crippen molar-refractivity contribution in [1.29, 1.82) is 0 Å². The summed E-state index contributed by atoms with van der Waals surface area (Å²) in [4.78, 5) is 35.7. The average Bonchev–Trinajstić information content (AvgIpc) is 3.52. The first-order chi connectivity index (χ1) is 19.9. The molecular formula is C33H39N3O5. The van der Waals surface area contributed by atoms with Gasteiger partial charge in [0.2, 0.25) is 0 Å².